The molecule has 1 aromatic carbocycles. The van der Waals surface area contributed by atoms with Crippen LogP contribution in [0.2, 0.25) is 0 Å². The first-order chi connectivity index (χ1) is 19.2. The molecular formula is C31H42BrN3O5. The largest absolute Gasteiger partial charge is 0.396 e. The van der Waals surface area contributed by atoms with Crippen molar-refractivity contribution in [1.82, 2.24) is 9.80 Å². The predicted octanol–water partition coefficient (Wildman–Crippen LogP) is 3.77. The summed E-state index contributed by atoms with van der Waals surface area (Å²) in [5, 5.41) is 9.44. The van der Waals surface area contributed by atoms with Gasteiger partial charge in [0.2, 0.25) is 11.8 Å². The predicted molar refractivity (Wildman–Crippen MR) is 159 cm³/mol. The number of rotatable bonds is 13. The van der Waals surface area contributed by atoms with Gasteiger partial charge >= 0.3 is 0 Å². The highest BCUT2D eigenvalue weighted by atomic mass is 79.9. The lowest BCUT2D eigenvalue weighted by molar-refractivity contribution is -0.145. The Morgan fingerprint density at radius 3 is 2.58 bits per heavy atom. The number of amides is 3. The number of anilines is 1. The minimum Gasteiger partial charge on any atom is -0.396 e. The molecule has 3 amide bonds. The number of aliphatic hydroxyl groups is 1. The lowest BCUT2D eigenvalue weighted by Crippen LogP contribution is -2.57. The standard InChI is InChI=1S/C31H42BrN3O5/c1-6-13-33(14-7-2)28(37)24-25-29(38)35(16-9-10-17-36)27(31(25)19-22(32)26(24)40-31)30(39)34(15-8-3)23-18-20(4)11-12-21(23)5/h6,8,11-12,18,22,24-27,36H,1,3,7,9-10,13-17,19H2,2,4-5H3/t22?,24-,25+,26-,27?,31?/m1/s1. The van der Waals surface area contributed by atoms with Gasteiger partial charge in [-0.3, -0.25) is 14.4 Å². The van der Waals surface area contributed by atoms with Crippen molar-refractivity contribution >= 4 is 39.3 Å². The maximum absolute atomic E-state index is 14.7. The third kappa shape index (κ3) is 5.16. The number of alkyl halides is 1. The molecule has 218 valence electrons. The van der Waals surface area contributed by atoms with Crippen LogP contribution in [0.3, 0.4) is 0 Å². The fourth-order valence-electron chi connectivity index (χ4n) is 6.85. The Labute approximate surface area is 246 Å². The van der Waals surface area contributed by atoms with Crippen LogP contribution in [0.25, 0.3) is 0 Å². The lowest BCUT2D eigenvalue weighted by Gasteiger charge is -2.37. The van der Waals surface area contributed by atoms with Gasteiger partial charge < -0.3 is 24.5 Å². The Balaban J connectivity index is 1.80. The fourth-order valence-corrected chi connectivity index (χ4v) is 7.79. The molecule has 1 spiro atoms. The fraction of sp³-hybridized carbons (Fsp3) is 0.581. The van der Waals surface area contributed by atoms with Crippen molar-refractivity contribution in [2.24, 2.45) is 11.8 Å². The number of likely N-dealkylation sites (tertiary alicyclic amines) is 1. The van der Waals surface area contributed by atoms with Gasteiger partial charge in [0.1, 0.15) is 11.6 Å². The molecule has 0 saturated carbocycles. The third-order valence-corrected chi connectivity index (χ3v) is 9.35. The van der Waals surface area contributed by atoms with Crippen molar-refractivity contribution in [1.29, 1.82) is 0 Å². The normalized spacial score (nSPS) is 28.5. The van der Waals surface area contributed by atoms with E-state index in [-0.39, 0.29) is 35.7 Å². The smallest absolute Gasteiger partial charge is 0.253 e. The number of nitrogens with zero attached hydrogens (tertiary/aromatic N) is 3. The van der Waals surface area contributed by atoms with Gasteiger partial charge in [-0.25, -0.2) is 0 Å². The quantitative estimate of drug-likeness (QED) is 0.207. The molecule has 3 fully saturated rings. The molecule has 3 saturated heterocycles. The first kappa shape index (κ1) is 30.5. The Kier molecular flexibility index (Phi) is 9.58. The summed E-state index contributed by atoms with van der Waals surface area (Å²) in [6.45, 7) is 15.2. The molecule has 3 unspecified atom stereocenters. The number of unbranched alkanes of at least 4 members (excludes halogenated alkanes) is 1. The van der Waals surface area contributed by atoms with Crippen LogP contribution in [0.4, 0.5) is 5.69 Å². The summed E-state index contributed by atoms with van der Waals surface area (Å²) in [6, 6.07) is 5.06. The zero-order chi connectivity index (χ0) is 29.2. The molecule has 0 aromatic heterocycles. The topological polar surface area (TPSA) is 90.4 Å². The average molecular weight is 617 g/mol. The SMILES string of the molecule is C=CCN(CCC)C(=O)[C@H]1[C@@H]2OC3(CC2Br)C(C(=O)N(CC=C)c2cc(C)ccc2C)N(CCCCO)C(=O)[C@H]13. The zero-order valence-electron chi connectivity index (χ0n) is 23.9. The van der Waals surface area contributed by atoms with Crippen molar-refractivity contribution in [2.45, 2.75) is 69.0 Å². The molecule has 4 rings (SSSR count). The van der Waals surface area contributed by atoms with Crippen molar-refractivity contribution in [2.75, 3.05) is 37.7 Å². The monoisotopic (exact) mass is 615 g/mol. The van der Waals surface area contributed by atoms with Gasteiger partial charge in [0.05, 0.1) is 17.9 Å². The number of carbonyl (C=O) groups is 3. The van der Waals surface area contributed by atoms with Crippen LogP contribution in [0.15, 0.2) is 43.5 Å². The van der Waals surface area contributed by atoms with Crippen LogP contribution in [0.5, 0.6) is 0 Å². The van der Waals surface area contributed by atoms with Crippen LogP contribution in [-0.2, 0) is 19.1 Å². The van der Waals surface area contributed by atoms with Crippen LogP contribution >= 0.6 is 15.9 Å². The Bertz CT molecular complexity index is 1160. The van der Waals surface area contributed by atoms with E-state index in [1.54, 1.807) is 26.9 Å². The Hall–Kier alpha value is -2.49. The number of aliphatic hydroxyl groups excluding tert-OH is 1. The van der Waals surface area contributed by atoms with Crippen molar-refractivity contribution in [3.8, 4) is 0 Å². The number of benzene rings is 1. The summed E-state index contributed by atoms with van der Waals surface area (Å²) in [6.07, 6.45) is 5.16. The number of hydrogen-bond donors (Lipinski definition) is 1. The molecule has 8 nitrogen and oxygen atoms in total. The molecule has 40 heavy (non-hydrogen) atoms. The van der Waals surface area contributed by atoms with E-state index in [9.17, 15) is 19.5 Å². The first-order valence-corrected chi connectivity index (χ1v) is 15.2. The highest BCUT2D eigenvalue weighted by molar-refractivity contribution is 9.09. The number of carbonyl (C=O) groups excluding carboxylic acids is 3. The van der Waals surface area contributed by atoms with Crippen molar-refractivity contribution < 1.29 is 24.2 Å². The molecule has 3 aliphatic heterocycles. The molecule has 1 aromatic rings. The van der Waals surface area contributed by atoms with Crippen LogP contribution in [0.1, 0.15) is 43.7 Å². The van der Waals surface area contributed by atoms with E-state index in [1.807, 2.05) is 39.0 Å². The Morgan fingerprint density at radius 2 is 1.93 bits per heavy atom. The second kappa shape index (κ2) is 12.6. The minimum atomic E-state index is -1.13. The van der Waals surface area contributed by atoms with Gasteiger partial charge in [-0.15, -0.1) is 13.2 Å². The summed E-state index contributed by atoms with van der Waals surface area (Å²) in [5.74, 6) is -2.03. The van der Waals surface area contributed by atoms with Gasteiger partial charge in [0.25, 0.3) is 5.91 Å². The zero-order valence-corrected chi connectivity index (χ0v) is 25.4. The molecular weight excluding hydrogens is 574 g/mol. The molecule has 0 aliphatic carbocycles. The van der Waals surface area contributed by atoms with Crippen molar-refractivity contribution in [3.63, 3.8) is 0 Å². The minimum absolute atomic E-state index is 0.00299. The van der Waals surface area contributed by atoms with E-state index in [1.165, 1.54) is 0 Å². The average Bonchev–Trinajstić information content (AvgIpc) is 3.51. The van der Waals surface area contributed by atoms with Crippen LogP contribution in [0, 0.1) is 25.7 Å². The maximum atomic E-state index is 14.7. The molecule has 0 radical (unpaired) electrons. The third-order valence-electron chi connectivity index (χ3n) is 8.50. The van der Waals surface area contributed by atoms with Crippen LogP contribution < -0.4 is 4.90 Å². The van der Waals surface area contributed by atoms with E-state index in [0.717, 1.165) is 23.2 Å². The van der Waals surface area contributed by atoms with Gasteiger partial charge in [-0.2, -0.15) is 0 Å². The summed E-state index contributed by atoms with van der Waals surface area (Å²) < 4.78 is 6.69. The van der Waals surface area contributed by atoms with Gasteiger partial charge in [-0.1, -0.05) is 47.1 Å². The second-order valence-electron chi connectivity index (χ2n) is 11.2. The molecule has 9 heteroatoms. The number of halogens is 1. The van der Waals surface area contributed by atoms with E-state index in [4.69, 9.17) is 4.74 Å². The van der Waals surface area contributed by atoms with E-state index < -0.39 is 29.6 Å². The van der Waals surface area contributed by atoms with Crippen molar-refractivity contribution in [3.05, 3.63) is 54.6 Å². The summed E-state index contributed by atoms with van der Waals surface area (Å²) in [4.78, 5) is 47.8. The number of aryl methyl sites for hydroxylation is 2. The Morgan fingerprint density at radius 1 is 1.20 bits per heavy atom. The maximum Gasteiger partial charge on any atom is 0.253 e. The van der Waals surface area contributed by atoms with Gasteiger partial charge in [-0.05, 0) is 56.7 Å². The molecule has 3 heterocycles. The highest BCUT2D eigenvalue weighted by Crippen LogP contribution is 2.60. The van der Waals surface area contributed by atoms with E-state index >= 15 is 0 Å². The van der Waals surface area contributed by atoms with Gasteiger partial charge in [0, 0.05) is 43.3 Å². The summed E-state index contributed by atoms with van der Waals surface area (Å²) in [5.41, 5.74) is 1.59. The number of ether oxygens (including phenoxy) is 1. The molecule has 2 bridgehead atoms. The van der Waals surface area contributed by atoms with Crippen LogP contribution in [-0.4, -0.2) is 88.0 Å². The van der Waals surface area contributed by atoms with Gasteiger partial charge in [0.15, 0.2) is 0 Å². The summed E-state index contributed by atoms with van der Waals surface area (Å²) in [7, 11) is 0. The molecule has 6 atom stereocenters. The first-order valence-electron chi connectivity index (χ1n) is 14.3. The lowest BCUT2D eigenvalue weighted by atomic mass is 9.70. The highest BCUT2D eigenvalue weighted by Gasteiger charge is 2.76. The second-order valence-corrected chi connectivity index (χ2v) is 12.4. The number of fused-ring (bicyclic) bond motifs is 1. The molecule has 1 N–H and O–H groups in total. The molecule has 3 aliphatic rings. The van der Waals surface area contributed by atoms with E-state index in [0.29, 0.717) is 38.9 Å². The summed E-state index contributed by atoms with van der Waals surface area (Å²) >= 11 is 3.76. The van der Waals surface area contributed by atoms with E-state index in [2.05, 4.69) is 29.1 Å². The number of hydrogen-bond acceptors (Lipinski definition) is 5.